The van der Waals surface area contributed by atoms with E-state index in [0.29, 0.717) is 17.0 Å². The second-order valence-electron chi connectivity index (χ2n) is 5.67. The Morgan fingerprint density at radius 1 is 1.22 bits per heavy atom. The quantitative estimate of drug-likeness (QED) is 0.884. The summed E-state index contributed by atoms with van der Waals surface area (Å²) in [6, 6.07) is 14.1. The average molecular weight is 330 g/mol. The Hall–Kier alpha value is -2.33. The Morgan fingerprint density at radius 3 is 2.70 bits per heavy atom. The summed E-state index contributed by atoms with van der Waals surface area (Å²) in [5.41, 5.74) is 2.89. The van der Waals surface area contributed by atoms with Crippen LogP contribution in [0, 0.1) is 0 Å². The summed E-state index contributed by atoms with van der Waals surface area (Å²) < 4.78 is 0. The van der Waals surface area contributed by atoms with Crippen molar-refractivity contribution < 1.29 is 14.7 Å². The number of carbonyl (C=O) groups is 2. The Labute approximate surface area is 139 Å². The van der Waals surface area contributed by atoms with Gasteiger partial charge in [-0.05, 0) is 35.2 Å². The van der Waals surface area contributed by atoms with Gasteiger partial charge in [-0.15, -0.1) is 0 Å². The van der Waals surface area contributed by atoms with Gasteiger partial charge in [-0.2, -0.15) is 0 Å². The van der Waals surface area contributed by atoms with Crippen LogP contribution in [0.1, 0.15) is 35.1 Å². The molecule has 1 amide bonds. The molecule has 2 N–H and O–H groups in total. The summed E-state index contributed by atoms with van der Waals surface area (Å²) in [4.78, 5) is 23.6. The van der Waals surface area contributed by atoms with Crippen LogP contribution in [0.3, 0.4) is 0 Å². The summed E-state index contributed by atoms with van der Waals surface area (Å²) in [5, 5.41) is 12.5. The van der Waals surface area contributed by atoms with Crippen LogP contribution in [0.25, 0.3) is 0 Å². The van der Waals surface area contributed by atoms with Crippen molar-refractivity contribution in [1.29, 1.82) is 0 Å². The zero-order valence-electron chi connectivity index (χ0n) is 12.3. The molecule has 0 heterocycles. The first-order valence-electron chi connectivity index (χ1n) is 7.40. The minimum Gasteiger partial charge on any atom is -0.481 e. The van der Waals surface area contributed by atoms with E-state index in [1.54, 1.807) is 24.3 Å². The average Bonchev–Trinajstić information content (AvgIpc) is 2.47. The van der Waals surface area contributed by atoms with Crippen molar-refractivity contribution in [2.24, 2.45) is 0 Å². The van der Waals surface area contributed by atoms with Crippen molar-refractivity contribution in [2.45, 2.75) is 24.8 Å². The number of fused-ring (bicyclic) bond motifs is 1. The number of benzene rings is 2. The van der Waals surface area contributed by atoms with Gasteiger partial charge in [-0.1, -0.05) is 48.0 Å². The topological polar surface area (TPSA) is 66.4 Å². The highest BCUT2D eigenvalue weighted by molar-refractivity contribution is 6.30. The molecule has 5 heteroatoms. The molecule has 0 saturated carbocycles. The maximum absolute atomic E-state index is 12.5. The summed E-state index contributed by atoms with van der Waals surface area (Å²) in [6.07, 6.45) is 0.512. The van der Waals surface area contributed by atoms with Crippen LogP contribution < -0.4 is 5.32 Å². The van der Waals surface area contributed by atoms with Gasteiger partial charge in [0.2, 0.25) is 5.91 Å². The number of rotatable bonds is 5. The second-order valence-corrected chi connectivity index (χ2v) is 6.11. The number of carboxylic acid groups (broad SMARTS) is 1. The van der Waals surface area contributed by atoms with Crippen molar-refractivity contribution >= 4 is 23.5 Å². The summed E-state index contributed by atoms with van der Waals surface area (Å²) in [6.45, 7) is 0. The molecule has 1 aliphatic rings. The van der Waals surface area contributed by atoms with Crippen molar-refractivity contribution in [3.63, 3.8) is 0 Å². The Morgan fingerprint density at radius 2 is 2.00 bits per heavy atom. The van der Waals surface area contributed by atoms with Crippen LogP contribution >= 0.6 is 11.6 Å². The number of aliphatic carboxylic acids is 1. The fourth-order valence-electron chi connectivity index (χ4n) is 2.92. The molecule has 0 spiro atoms. The minimum absolute atomic E-state index is 0.144. The third kappa shape index (κ3) is 3.37. The van der Waals surface area contributed by atoms with Crippen LogP contribution in [0.4, 0.5) is 0 Å². The number of hydrogen-bond donors (Lipinski definition) is 2. The molecular weight excluding hydrogens is 314 g/mol. The lowest BCUT2D eigenvalue weighted by Gasteiger charge is -2.30. The van der Waals surface area contributed by atoms with Crippen LogP contribution in [0.15, 0.2) is 48.5 Å². The number of hydrogen-bond acceptors (Lipinski definition) is 2. The van der Waals surface area contributed by atoms with E-state index in [-0.39, 0.29) is 18.2 Å². The molecule has 1 aliphatic carbocycles. The second kappa shape index (κ2) is 6.42. The van der Waals surface area contributed by atoms with Gasteiger partial charge < -0.3 is 10.4 Å². The molecule has 0 bridgehead atoms. The fourth-order valence-corrected chi connectivity index (χ4v) is 3.11. The molecule has 0 fully saturated rings. The normalized spacial score (nSPS) is 16.8. The molecular formula is C18H16ClNO3. The molecule has 0 aromatic heterocycles. The molecule has 3 rings (SSSR count). The zero-order valence-corrected chi connectivity index (χ0v) is 13.1. The summed E-state index contributed by atoms with van der Waals surface area (Å²) in [5.74, 6) is -1.32. The van der Waals surface area contributed by atoms with Crippen LogP contribution in [0.2, 0.25) is 5.02 Å². The largest absolute Gasteiger partial charge is 0.481 e. The Bertz CT molecular complexity index is 759. The molecule has 118 valence electrons. The molecule has 0 aliphatic heterocycles. The van der Waals surface area contributed by atoms with Gasteiger partial charge in [-0.3, -0.25) is 9.59 Å². The Kier molecular flexibility index (Phi) is 4.35. The number of amides is 1. The van der Waals surface area contributed by atoms with E-state index in [1.165, 1.54) is 5.56 Å². The van der Waals surface area contributed by atoms with Gasteiger partial charge >= 0.3 is 5.97 Å². The van der Waals surface area contributed by atoms with E-state index in [2.05, 4.69) is 5.32 Å². The molecule has 2 atom stereocenters. The predicted molar refractivity (Wildman–Crippen MR) is 87.5 cm³/mol. The van der Waals surface area contributed by atoms with Crippen LogP contribution in [-0.4, -0.2) is 17.0 Å². The van der Waals surface area contributed by atoms with E-state index in [9.17, 15) is 9.59 Å². The smallest absolute Gasteiger partial charge is 0.305 e. The van der Waals surface area contributed by atoms with Gasteiger partial charge in [0.05, 0.1) is 18.4 Å². The van der Waals surface area contributed by atoms with E-state index in [1.807, 2.05) is 24.3 Å². The Balaban J connectivity index is 1.77. The highest BCUT2D eigenvalue weighted by Gasteiger charge is 2.33. The standard InChI is InChI=1S/C18H16ClNO3/c19-13-6-3-5-12(8-13)16(10-17(21)22)20-18(23)15-9-11-4-1-2-7-14(11)15/h1-8,15-16H,9-10H2,(H,20,23)(H,21,22). The predicted octanol–water partition coefficient (Wildman–Crippen LogP) is 3.31. The van der Waals surface area contributed by atoms with Crippen molar-refractivity contribution in [2.75, 3.05) is 0 Å². The zero-order chi connectivity index (χ0) is 16.4. The van der Waals surface area contributed by atoms with Gasteiger partial charge in [-0.25, -0.2) is 0 Å². The van der Waals surface area contributed by atoms with E-state index in [0.717, 1.165) is 5.56 Å². The molecule has 4 nitrogen and oxygen atoms in total. The van der Waals surface area contributed by atoms with E-state index >= 15 is 0 Å². The highest BCUT2D eigenvalue weighted by Crippen LogP contribution is 2.35. The van der Waals surface area contributed by atoms with Gasteiger partial charge in [0, 0.05) is 5.02 Å². The molecule has 0 saturated heterocycles. The third-order valence-corrected chi connectivity index (χ3v) is 4.35. The SMILES string of the molecule is O=C(O)CC(NC(=O)C1Cc2ccccc21)c1cccc(Cl)c1. The molecule has 2 aromatic carbocycles. The van der Waals surface area contributed by atoms with Crippen molar-refractivity contribution in [1.82, 2.24) is 5.32 Å². The molecule has 2 unspecified atom stereocenters. The maximum atomic E-state index is 12.5. The van der Waals surface area contributed by atoms with E-state index < -0.39 is 12.0 Å². The summed E-state index contributed by atoms with van der Waals surface area (Å²) in [7, 11) is 0. The minimum atomic E-state index is -0.968. The van der Waals surface area contributed by atoms with E-state index in [4.69, 9.17) is 16.7 Å². The van der Waals surface area contributed by atoms with Gasteiger partial charge in [0.15, 0.2) is 0 Å². The third-order valence-electron chi connectivity index (χ3n) is 4.12. The first-order chi connectivity index (χ1) is 11.0. The van der Waals surface area contributed by atoms with Gasteiger partial charge in [0.25, 0.3) is 0 Å². The summed E-state index contributed by atoms with van der Waals surface area (Å²) >= 11 is 5.97. The lowest BCUT2D eigenvalue weighted by molar-refractivity contribution is -0.137. The molecule has 2 aromatic rings. The number of nitrogens with one attached hydrogen (secondary N) is 1. The van der Waals surface area contributed by atoms with Crippen LogP contribution in [0.5, 0.6) is 0 Å². The lowest BCUT2D eigenvalue weighted by atomic mass is 9.77. The molecule has 23 heavy (non-hydrogen) atoms. The molecule has 0 radical (unpaired) electrons. The lowest BCUT2D eigenvalue weighted by Crippen LogP contribution is -2.38. The number of carbonyl (C=O) groups excluding carboxylic acids is 1. The van der Waals surface area contributed by atoms with Crippen LogP contribution in [-0.2, 0) is 16.0 Å². The monoisotopic (exact) mass is 329 g/mol. The highest BCUT2D eigenvalue weighted by atomic mass is 35.5. The maximum Gasteiger partial charge on any atom is 0.305 e. The first kappa shape index (κ1) is 15.6. The van der Waals surface area contributed by atoms with Gasteiger partial charge in [0.1, 0.15) is 0 Å². The number of carboxylic acids is 1. The first-order valence-corrected chi connectivity index (χ1v) is 7.78. The van der Waals surface area contributed by atoms with Crippen molar-refractivity contribution in [3.05, 3.63) is 70.2 Å². The fraction of sp³-hybridized carbons (Fsp3) is 0.222. The number of halogens is 1. The van der Waals surface area contributed by atoms with Crippen molar-refractivity contribution in [3.8, 4) is 0 Å².